The van der Waals surface area contributed by atoms with Crippen LogP contribution in [0.5, 0.6) is 0 Å². The number of hydrogen-bond donors (Lipinski definition) is 1. The maximum Gasteiger partial charge on any atom is 0.321 e. The Labute approximate surface area is 136 Å². The molecule has 6 nitrogen and oxygen atoms in total. The van der Waals surface area contributed by atoms with E-state index in [1.54, 1.807) is 4.90 Å². The van der Waals surface area contributed by atoms with Gasteiger partial charge in [0.25, 0.3) is 0 Å². The van der Waals surface area contributed by atoms with Gasteiger partial charge in [-0.3, -0.25) is 0 Å². The van der Waals surface area contributed by atoms with E-state index in [-0.39, 0.29) is 23.5 Å². The minimum Gasteiger partial charge on any atom is -0.322 e. The molecule has 0 aromatic heterocycles. The number of nitrogens with one attached hydrogen (secondary N) is 1. The Morgan fingerprint density at radius 1 is 1.17 bits per heavy atom. The van der Waals surface area contributed by atoms with Crippen molar-refractivity contribution in [1.82, 2.24) is 9.21 Å². The molecule has 1 aliphatic heterocycles. The van der Waals surface area contributed by atoms with Crippen LogP contribution >= 0.6 is 0 Å². The van der Waals surface area contributed by atoms with Crippen LogP contribution < -0.4 is 5.32 Å². The van der Waals surface area contributed by atoms with E-state index in [0.29, 0.717) is 31.9 Å². The fraction of sp³-hybridized carbons (Fsp3) is 0.533. The van der Waals surface area contributed by atoms with E-state index >= 15 is 0 Å². The molecule has 1 aliphatic rings. The average molecular weight is 343 g/mol. The van der Waals surface area contributed by atoms with Gasteiger partial charge in [0.1, 0.15) is 5.82 Å². The monoisotopic (exact) mass is 343 g/mol. The Bertz CT molecular complexity index is 638. The number of nitrogens with zero attached hydrogens (tertiary/aromatic N) is 2. The molecule has 1 aromatic carbocycles. The summed E-state index contributed by atoms with van der Waals surface area (Å²) in [4.78, 5) is 13.7. The van der Waals surface area contributed by atoms with Crippen molar-refractivity contribution in [2.75, 3.05) is 37.2 Å². The highest BCUT2D eigenvalue weighted by Crippen LogP contribution is 2.13. The molecule has 0 aliphatic carbocycles. The van der Waals surface area contributed by atoms with Gasteiger partial charge < -0.3 is 10.2 Å². The lowest BCUT2D eigenvalue weighted by molar-refractivity contribution is 0.184. The largest absolute Gasteiger partial charge is 0.322 e. The van der Waals surface area contributed by atoms with Crippen molar-refractivity contribution in [2.24, 2.45) is 5.92 Å². The number of hydrogen-bond acceptors (Lipinski definition) is 3. The number of sulfonamides is 1. The first kappa shape index (κ1) is 17.7. The van der Waals surface area contributed by atoms with Gasteiger partial charge in [-0.15, -0.1) is 0 Å². The first-order valence-electron chi connectivity index (χ1n) is 7.57. The number of anilines is 1. The SMILES string of the molecule is CC(C)CS(=O)(=O)N1CCN(C(=O)Nc2ccc(F)cc2)CC1. The van der Waals surface area contributed by atoms with E-state index in [0.717, 1.165) is 0 Å². The highest BCUT2D eigenvalue weighted by atomic mass is 32.2. The summed E-state index contributed by atoms with van der Waals surface area (Å²) in [6.07, 6.45) is 0. The van der Waals surface area contributed by atoms with Crippen LogP contribution in [0.4, 0.5) is 14.9 Å². The molecule has 0 atom stereocenters. The molecule has 1 aromatic rings. The van der Waals surface area contributed by atoms with Gasteiger partial charge in [-0.25, -0.2) is 17.6 Å². The summed E-state index contributed by atoms with van der Waals surface area (Å²) in [7, 11) is -3.26. The van der Waals surface area contributed by atoms with Gasteiger partial charge in [0, 0.05) is 31.9 Å². The predicted molar refractivity (Wildman–Crippen MR) is 87.2 cm³/mol. The summed E-state index contributed by atoms with van der Waals surface area (Å²) >= 11 is 0. The van der Waals surface area contributed by atoms with Crippen LogP contribution in [-0.4, -0.2) is 55.6 Å². The number of rotatable bonds is 4. The third-order valence-corrected chi connectivity index (χ3v) is 5.80. The molecule has 1 fully saturated rings. The summed E-state index contributed by atoms with van der Waals surface area (Å²) in [6, 6.07) is 5.20. The number of halogens is 1. The molecule has 0 saturated carbocycles. The zero-order chi connectivity index (χ0) is 17.0. The average Bonchev–Trinajstić information content (AvgIpc) is 2.48. The van der Waals surface area contributed by atoms with E-state index < -0.39 is 10.0 Å². The standard InChI is InChI=1S/C15H22FN3O3S/c1-12(2)11-23(21,22)19-9-7-18(8-10-19)15(20)17-14-5-3-13(16)4-6-14/h3-6,12H,7-11H2,1-2H3,(H,17,20). The van der Waals surface area contributed by atoms with Crippen molar-refractivity contribution in [3.05, 3.63) is 30.1 Å². The van der Waals surface area contributed by atoms with Crippen molar-refractivity contribution in [3.8, 4) is 0 Å². The molecule has 2 amide bonds. The third kappa shape index (κ3) is 4.90. The van der Waals surface area contributed by atoms with Gasteiger partial charge in [-0.05, 0) is 30.2 Å². The van der Waals surface area contributed by atoms with Crippen LogP contribution in [0.2, 0.25) is 0 Å². The highest BCUT2D eigenvalue weighted by Gasteiger charge is 2.29. The number of urea groups is 1. The van der Waals surface area contributed by atoms with E-state index in [1.807, 2.05) is 13.8 Å². The molecule has 1 N–H and O–H groups in total. The fourth-order valence-corrected chi connectivity index (χ4v) is 4.20. The normalized spacial score (nSPS) is 16.6. The summed E-state index contributed by atoms with van der Waals surface area (Å²) in [5.41, 5.74) is 0.506. The highest BCUT2D eigenvalue weighted by molar-refractivity contribution is 7.89. The zero-order valence-corrected chi connectivity index (χ0v) is 14.1. The smallest absolute Gasteiger partial charge is 0.321 e. The Balaban J connectivity index is 1.88. The van der Waals surface area contributed by atoms with Gasteiger partial charge in [0.05, 0.1) is 5.75 Å². The Morgan fingerprint density at radius 3 is 2.26 bits per heavy atom. The molecule has 8 heteroatoms. The number of carbonyl (C=O) groups is 1. The molecule has 0 unspecified atom stereocenters. The molecule has 0 bridgehead atoms. The van der Waals surface area contributed by atoms with E-state index in [2.05, 4.69) is 5.32 Å². The van der Waals surface area contributed by atoms with Crippen LogP contribution in [0.3, 0.4) is 0 Å². The quantitative estimate of drug-likeness (QED) is 0.908. The molecular formula is C15H22FN3O3S. The number of carbonyl (C=O) groups excluding carboxylic acids is 1. The third-order valence-electron chi connectivity index (χ3n) is 3.56. The molecule has 1 heterocycles. The zero-order valence-electron chi connectivity index (χ0n) is 13.3. The minimum absolute atomic E-state index is 0.0693. The Morgan fingerprint density at radius 2 is 1.74 bits per heavy atom. The van der Waals surface area contributed by atoms with Crippen molar-refractivity contribution < 1.29 is 17.6 Å². The summed E-state index contributed by atoms with van der Waals surface area (Å²) in [5.74, 6) is -0.179. The molecule has 23 heavy (non-hydrogen) atoms. The van der Waals surface area contributed by atoms with Crippen LogP contribution in [0.1, 0.15) is 13.8 Å². The van der Waals surface area contributed by atoms with E-state index in [4.69, 9.17) is 0 Å². The first-order valence-corrected chi connectivity index (χ1v) is 9.18. The maximum atomic E-state index is 12.8. The van der Waals surface area contributed by atoms with Crippen LogP contribution in [0, 0.1) is 11.7 Å². The number of amides is 2. The Hall–Kier alpha value is -1.67. The van der Waals surface area contributed by atoms with E-state index in [9.17, 15) is 17.6 Å². The van der Waals surface area contributed by atoms with Gasteiger partial charge in [0.15, 0.2) is 0 Å². The second kappa shape index (κ2) is 7.27. The van der Waals surface area contributed by atoms with Crippen LogP contribution in [0.25, 0.3) is 0 Å². The second-order valence-corrected chi connectivity index (χ2v) is 8.01. The molecule has 0 spiro atoms. The topological polar surface area (TPSA) is 69.7 Å². The van der Waals surface area contributed by atoms with Crippen molar-refractivity contribution in [3.63, 3.8) is 0 Å². The van der Waals surface area contributed by atoms with Crippen molar-refractivity contribution in [2.45, 2.75) is 13.8 Å². The van der Waals surface area contributed by atoms with E-state index in [1.165, 1.54) is 28.6 Å². The lowest BCUT2D eigenvalue weighted by atomic mass is 10.3. The second-order valence-electron chi connectivity index (χ2n) is 6.00. The Kier molecular flexibility index (Phi) is 5.59. The summed E-state index contributed by atoms with van der Waals surface area (Å²) in [6.45, 7) is 5.00. The molecule has 128 valence electrons. The predicted octanol–water partition coefficient (Wildman–Crippen LogP) is 1.96. The van der Waals surface area contributed by atoms with Crippen LogP contribution in [0.15, 0.2) is 24.3 Å². The van der Waals surface area contributed by atoms with Crippen molar-refractivity contribution in [1.29, 1.82) is 0 Å². The molecule has 1 saturated heterocycles. The maximum absolute atomic E-state index is 12.8. The number of benzene rings is 1. The van der Waals surface area contributed by atoms with Crippen LogP contribution in [-0.2, 0) is 10.0 Å². The first-order chi connectivity index (χ1) is 10.8. The fourth-order valence-electron chi connectivity index (χ4n) is 2.43. The molecule has 0 radical (unpaired) electrons. The lowest BCUT2D eigenvalue weighted by Gasteiger charge is -2.34. The molecule has 2 rings (SSSR count). The van der Waals surface area contributed by atoms with Gasteiger partial charge in [-0.1, -0.05) is 13.8 Å². The van der Waals surface area contributed by atoms with Crippen molar-refractivity contribution >= 4 is 21.7 Å². The lowest BCUT2D eigenvalue weighted by Crippen LogP contribution is -2.52. The summed E-state index contributed by atoms with van der Waals surface area (Å²) in [5, 5.41) is 2.68. The summed E-state index contributed by atoms with van der Waals surface area (Å²) < 4.78 is 38.6. The van der Waals surface area contributed by atoms with Gasteiger partial charge in [0.2, 0.25) is 10.0 Å². The van der Waals surface area contributed by atoms with Gasteiger partial charge in [-0.2, -0.15) is 4.31 Å². The molecular weight excluding hydrogens is 321 g/mol. The number of piperazine rings is 1. The minimum atomic E-state index is -3.26. The van der Waals surface area contributed by atoms with Gasteiger partial charge >= 0.3 is 6.03 Å².